The summed E-state index contributed by atoms with van der Waals surface area (Å²) in [7, 11) is 0. The largest absolute Gasteiger partial charge is 0.507 e. The highest BCUT2D eigenvalue weighted by atomic mass is 16.5. The van der Waals surface area contributed by atoms with E-state index in [2.05, 4.69) is 5.32 Å². The van der Waals surface area contributed by atoms with E-state index in [0.29, 0.717) is 26.1 Å². The molecule has 0 aromatic heterocycles. The summed E-state index contributed by atoms with van der Waals surface area (Å²) in [5, 5.41) is 22.1. The molecule has 0 radical (unpaired) electrons. The number of aryl methyl sites for hydroxylation is 1. The van der Waals surface area contributed by atoms with E-state index in [0.717, 1.165) is 5.56 Å². The number of hydrogen-bond acceptors (Lipinski definition) is 4. The number of benzene rings is 1. The number of carbonyl (C=O) groups is 1. The lowest BCUT2D eigenvalue weighted by Crippen LogP contribution is -2.54. The number of nitrogens with one attached hydrogen (secondary N) is 1. The number of ether oxygens (including phenoxy) is 1. The number of aromatic hydroxyl groups is 1. The van der Waals surface area contributed by atoms with Crippen LogP contribution in [0.4, 0.5) is 0 Å². The summed E-state index contributed by atoms with van der Waals surface area (Å²) in [4.78, 5) is 12.2. The molecule has 1 amide bonds. The van der Waals surface area contributed by atoms with Crippen LogP contribution < -0.4 is 5.32 Å². The molecule has 0 saturated carbocycles. The summed E-state index contributed by atoms with van der Waals surface area (Å²) in [6.45, 7) is 2.74. The minimum atomic E-state index is -0.646. The maximum atomic E-state index is 12.2. The minimum absolute atomic E-state index is 0.0438. The average molecular weight is 265 g/mol. The molecule has 1 aromatic carbocycles. The molecule has 2 rings (SSSR count). The Morgan fingerprint density at radius 2 is 2.11 bits per heavy atom. The zero-order valence-electron chi connectivity index (χ0n) is 11.0. The van der Waals surface area contributed by atoms with Gasteiger partial charge in [-0.05, 0) is 37.5 Å². The quantitative estimate of drug-likeness (QED) is 0.761. The van der Waals surface area contributed by atoms with Crippen molar-refractivity contribution in [1.82, 2.24) is 5.32 Å². The summed E-state index contributed by atoms with van der Waals surface area (Å²) in [6, 6.07) is 4.90. The van der Waals surface area contributed by atoms with Crippen LogP contribution in [0, 0.1) is 6.92 Å². The van der Waals surface area contributed by atoms with Crippen LogP contribution in [-0.4, -0.2) is 41.5 Å². The highest BCUT2D eigenvalue weighted by molar-refractivity contribution is 5.97. The molecule has 1 saturated heterocycles. The van der Waals surface area contributed by atoms with Gasteiger partial charge in [-0.25, -0.2) is 0 Å². The first-order chi connectivity index (χ1) is 9.06. The first-order valence-electron chi connectivity index (χ1n) is 6.37. The Morgan fingerprint density at radius 1 is 1.42 bits per heavy atom. The zero-order chi connectivity index (χ0) is 13.9. The van der Waals surface area contributed by atoms with Crippen molar-refractivity contribution in [3.05, 3.63) is 29.3 Å². The molecule has 0 aliphatic carbocycles. The number of hydrogen-bond donors (Lipinski definition) is 3. The standard InChI is InChI=1S/C14H19NO4/c1-10-2-3-11(12(17)8-10)13(18)15-14(9-16)4-6-19-7-5-14/h2-3,8,16-17H,4-7,9H2,1H3,(H,15,18). The lowest BCUT2D eigenvalue weighted by atomic mass is 9.90. The molecule has 0 bridgehead atoms. The van der Waals surface area contributed by atoms with Crippen LogP contribution >= 0.6 is 0 Å². The van der Waals surface area contributed by atoms with Crippen LogP contribution in [0.1, 0.15) is 28.8 Å². The van der Waals surface area contributed by atoms with Crippen molar-refractivity contribution in [1.29, 1.82) is 0 Å². The maximum absolute atomic E-state index is 12.2. The average Bonchev–Trinajstić information content (AvgIpc) is 2.39. The highest BCUT2D eigenvalue weighted by Crippen LogP contribution is 2.23. The lowest BCUT2D eigenvalue weighted by molar-refractivity contribution is 0.0125. The van der Waals surface area contributed by atoms with Crippen LogP contribution in [0.2, 0.25) is 0 Å². The van der Waals surface area contributed by atoms with Crippen molar-refractivity contribution in [2.75, 3.05) is 19.8 Å². The molecule has 104 valence electrons. The summed E-state index contributed by atoms with van der Waals surface area (Å²) < 4.78 is 5.24. The Morgan fingerprint density at radius 3 is 2.68 bits per heavy atom. The lowest BCUT2D eigenvalue weighted by Gasteiger charge is -2.36. The molecular weight excluding hydrogens is 246 g/mol. The molecule has 1 heterocycles. The van der Waals surface area contributed by atoms with Gasteiger partial charge in [-0.2, -0.15) is 0 Å². The van der Waals surface area contributed by atoms with Crippen molar-refractivity contribution in [2.24, 2.45) is 0 Å². The third-order valence-corrected chi connectivity index (χ3v) is 3.53. The zero-order valence-corrected chi connectivity index (χ0v) is 11.0. The molecule has 0 spiro atoms. The van der Waals surface area contributed by atoms with Crippen LogP contribution in [0.15, 0.2) is 18.2 Å². The van der Waals surface area contributed by atoms with Gasteiger partial charge in [-0.3, -0.25) is 4.79 Å². The van der Waals surface area contributed by atoms with Crippen molar-refractivity contribution in [3.63, 3.8) is 0 Å². The Labute approximate surface area is 112 Å². The van der Waals surface area contributed by atoms with E-state index >= 15 is 0 Å². The Kier molecular flexibility index (Phi) is 4.07. The molecular formula is C14H19NO4. The maximum Gasteiger partial charge on any atom is 0.255 e. The smallest absolute Gasteiger partial charge is 0.255 e. The third kappa shape index (κ3) is 3.05. The topological polar surface area (TPSA) is 78.8 Å². The van der Waals surface area contributed by atoms with Gasteiger partial charge in [0.1, 0.15) is 5.75 Å². The van der Waals surface area contributed by atoms with Crippen molar-refractivity contribution < 1.29 is 19.7 Å². The fourth-order valence-electron chi connectivity index (χ4n) is 2.23. The number of carbonyl (C=O) groups excluding carboxylic acids is 1. The predicted octanol–water partition coefficient (Wildman–Crippen LogP) is 0.972. The number of aliphatic hydroxyl groups is 1. The van der Waals surface area contributed by atoms with E-state index in [1.54, 1.807) is 18.2 Å². The molecule has 1 aromatic rings. The van der Waals surface area contributed by atoms with Gasteiger partial charge in [-0.1, -0.05) is 6.07 Å². The van der Waals surface area contributed by atoms with Gasteiger partial charge < -0.3 is 20.3 Å². The number of amides is 1. The molecule has 5 heteroatoms. The third-order valence-electron chi connectivity index (χ3n) is 3.53. The highest BCUT2D eigenvalue weighted by Gasteiger charge is 2.34. The number of phenols is 1. The van der Waals surface area contributed by atoms with Gasteiger partial charge in [-0.15, -0.1) is 0 Å². The second-order valence-electron chi connectivity index (χ2n) is 5.03. The van der Waals surface area contributed by atoms with Gasteiger partial charge in [0.25, 0.3) is 5.91 Å². The molecule has 5 nitrogen and oxygen atoms in total. The minimum Gasteiger partial charge on any atom is -0.507 e. The van der Waals surface area contributed by atoms with Crippen molar-refractivity contribution >= 4 is 5.91 Å². The molecule has 1 aliphatic rings. The van der Waals surface area contributed by atoms with E-state index < -0.39 is 5.54 Å². The van der Waals surface area contributed by atoms with E-state index in [1.165, 1.54) is 0 Å². The summed E-state index contributed by atoms with van der Waals surface area (Å²) >= 11 is 0. The first kappa shape index (κ1) is 13.8. The Hall–Kier alpha value is -1.59. The van der Waals surface area contributed by atoms with E-state index in [-0.39, 0.29) is 23.8 Å². The van der Waals surface area contributed by atoms with Crippen LogP contribution in [0.3, 0.4) is 0 Å². The normalized spacial score (nSPS) is 18.0. The molecule has 19 heavy (non-hydrogen) atoms. The SMILES string of the molecule is Cc1ccc(C(=O)NC2(CO)CCOCC2)c(O)c1. The van der Waals surface area contributed by atoms with Crippen LogP contribution in [-0.2, 0) is 4.74 Å². The molecule has 1 aliphatic heterocycles. The van der Waals surface area contributed by atoms with Gasteiger partial charge in [0.15, 0.2) is 0 Å². The fraction of sp³-hybridized carbons (Fsp3) is 0.500. The van der Waals surface area contributed by atoms with Crippen molar-refractivity contribution in [2.45, 2.75) is 25.3 Å². The number of aliphatic hydroxyl groups excluding tert-OH is 1. The predicted molar refractivity (Wildman–Crippen MR) is 70.2 cm³/mol. The summed E-state index contributed by atoms with van der Waals surface area (Å²) in [5.74, 6) is -0.411. The van der Waals surface area contributed by atoms with E-state index in [4.69, 9.17) is 4.74 Å². The van der Waals surface area contributed by atoms with Crippen LogP contribution in [0.25, 0.3) is 0 Å². The van der Waals surface area contributed by atoms with Crippen molar-refractivity contribution in [3.8, 4) is 5.75 Å². The Bertz CT molecular complexity index is 467. The first-order valence-corrected chi connectivity index (χ1v) is 6.37. The second kappa shape index (κ2) is 5.59. The summed E-state index contributed by atoms with van der Waals surface area (Å²) in [5.41, 5.74) is 0.467. The van der Waals surface area contributed by atoms with Gasteiger partial charge in [0, 0.05) is 13.2 Å². The second-order valence-corrected chi connectivity index (χ2v) is 5.03. The molecule has 3 N–H and O–H groups in total. The monoisotopic (exact) mass is 265 g/mol. The molecule has 0 unspecified atom stereocenters. The van der Waals surface area contributed by atoms with Gasteiger partial charge >= 0.3 is 0 Å². The van der Waals surface area contributed by atoms with Crippen LogP contribution in [0.5, 0.6) is 5.75 Å². The molecule has 0 atom stereocenters. The van der Waals surface area contributed by atoms with Gasteiger partial charge in [0.2, 0.25) is 0 Å². The number of phenolic OH excluding ortho intramolecular Hbond substituents is 1. The number of rotatable bonds is 3. The van der Waals surface area contributed by atoms with E-state index in [9.17, 15) is 15.0 Å². The Balaban J connectivity index is 2.15. The summed E-state index contributed by atoms with van der Waals surface area (Å²) in [6.07, 6.45) is 1.14. The fourth-order valence-corrected chi connectivity index (χ4v) is 2.23. The van der Waals surface area contributed by atoms with Gasteiger partial charge in [0.05, 0.1) is 17.7 Å². The molecule has 1 fully saturated rings. The van der Waals surface area contributed by atoms with E-state index in [1.807, 2.05) is 6.92 Å².